The van der Waals surface area contributed by atoms with Crippen molar-refractivity contribution in [3.63, 3.8) is 0 Å². The summed E-state index contributed by atoms with van der Waals surface area (Å²) in [7, 11) is 0. The van der Waals surface area contributed by atoms with Crippen LogP contribution in [0.3, 0.4) is 0 Å². The second-order valence-corrected chi connectivity index (χ2v) is 5.08. The molecule has 6 heteroatoms. The molecule has 0 radical (unpaired) electrons. The normalized spacial score (nSPS) is 10.5. The Morgan fingerprint density at radius 2 is 2.11 bits per heavy atom. The molecule has 0 aliphatic rings. The fourth-order valence-electron chi connectivity index (χ4n) is 1.73. The molecule has 0 amide bonds. The number of thiazole rings is 1. The molecule has 0 aromatic carbocycles. The van der Waals surface area contributed by atoms with E-state index < -0.39 is 0 Å². The third-order valence-corrected chi connectivity index (χ3v) is 3.79. The van der Waals surface area contributed by atoms with Gasteiger partial charge in [0.25, 0.3) is 0 Å². The topological polar surface area (TPSA) is 59.9 Å². The summed E-state index contributed by atoms with van der Waals surface area (Å²) in [5.41, 5.74) is 3.90. The number of hydrogen-bond donors (Lipinski definition) is 1. The van der Waals surface area contributed by atoms with Crippen molar-refractivity contribution >= 4 is 17.2 Å². The Hall–Kier alpha value is -1.69. The van der Waals surface area contributed by atoms with Gasteiger partial charge in [-0.25, -0.2) is 15.0 Å². The predicted octanol–water partition coefficient (Wildman–Crippen LogP) is 2.60. The van der Waals surface area contributed by atoms with Gasteiger partial charge in [0.05, 0.1) is 23.4 Å². The van der Waals surface area contributed by atoms with Crippen molar-refractivity contribution in [2.45, 2.75) is 27.2 Å². The van der Waals surface area contributed by atoms with Crippen LogP contribution < -0.4 is 10.1 Å². The van der Waals surface area contributed by atoms with Gasteiger partial charge in [-0.1, -0.05) is 0 Å². The molecule has 5 nitrogen and oxygen atoms in total. The van der Waals surface area contributed by atoms with Crippen molar-refractivity contribution in [2.24, 2.45) is 0 Å². The van der Waals surface area contributed by atoms with Gasteiger partial charge >= 0.3 is 0 Å². The number of rotatable bonds is 6. The molecule has 0 atom stereocenters. The molecule has 102 valence electrons. The molecule has 19 heavy (non-hydrogen) atoms. The van der Waals surface area contributed by atoms with Crippen molar-refractivity contribution in [1.82, 2.24) is 15.0 Å². The first-order valence-corrected chi connectivity index (χ1v) is 7.17. The fourth-order valence-corrected chi connectivity index (χ4v) is 2.49. The summed E-state index contributed by atoms with van der Waals surface area (Å²) in [5.74, 6) is 1.48. The SMILES string of the molecule is CCNc1ncnc(OCCc2scnc2C)c1C. The fraction of sp³-hybridized carbons (Fsp3) is 0.462. The average Bonchev–Trinajstić information content (AvgIpc) is 2.80. The molecule has 0 bridgehead atoms. The van der Waals surface area contributed by atoms with Gasteiger partial charge in [0.1, 0.15) is 12.1 Å². The van der Waals surface area contributed by atoms with Crippen molar-refractivity contribution in [3.05, 3.63) is 28.0 Å². The maximum Gasteiger partial charge on any atom is 0.221 e. The van der Waals surface area contributed by atoms with Crippen LogP contribution in [0.15, 0.2) is 11.8 Å². The highest BCUT2D eigenvalue weighted by Gasteiger charge is 2.08. The number of hydrogen-bond acceptors (Lipinski definition) is 6. The standard InChI is InChI=1S/C13H18N4OS/c1-4-14-12-9(2)13(16-7-15-12)18-6-5-11-10(3)17-8-19-11/h7-8H,4-6H2,1-3H3,(H,14,15,16). The van der Waals surface area contributed by atoms with Gasteiger partial charge in [-0.15, -0.1) is 11.3 Å². The molecule has 0 fully saturated rings. The lowest BCUT2D eigenvalue weighted by Gasteiger charge is -2.11. The van der Waals surface area contributed by atoms with Gasteiger partial charge in [-0.3, -0.25) is 0 Å². The van der Waals surface area contributed by atoms with Gasteiger partial charge in [0.2, 0.25) is 5.88 Å². The first kappa shape index (κ1) is 13.7. The van der Waals surface area contributed by atoms with E-state index in [1.807, 2.05) is 26.3 Å². The average molecular weight is 278 g/mol. The maximum atomic E-state index is 5.74. The van der Waals surface area contributed by atoms with Crippen LogP contribution in [-0.4, -0.2) is 28.1 Å². The first-order valence-electron chi connectivity index (χ1n) is 6.29. The molecular weight excluding hydrogens is 260 g/mol. The highest BCUT2D eigenvalue weighted by Crippen LogP contribution is 2.20. The van der Waals surface area contributed by atoms with E-state index in [9.17, 15) is 0 Å². The van der Waals surface area contributed by atoms with E-state index in [0.29, 0.717) is 12.5 Å². The summed E-state index contributed by atoms with van der Waals surface area (Å²) >= 11 is 1.66. The third-order valence-electron chi connectivity index (χ3n) is 2.79. The van der Waals surface area contributed by atoms with Gasteiger partial charge in [-0.2, -0.15) is 0 Å². The maximum absolute atomic E-state index is 5.74. The highest BCUT2D eigenvalue weighted by atomic mass is 32.1. The van der Waals surface area contributed by atoms with Crippen LogP contribution in [0.5, 0.6) is 5.88 Å². The van der Waals surface area contributed by atoms with Crippen LogP contribution >= 0.6 is 11.3 Å². The molecule has 0 unspecified atom stereocenters. The molecule has 0 aliphatic carbocycles. The number of aromatic nitrogens is 3. The van der Waals surface area contributed by atoms with Crippen LogP contribution in [-0.2, 0) is 6.42 Å². The van der Waals surface area contributed by atoms with Gasteiger partial charge < -0.3 is 10.1 Å². The lowest BCUT2D eigenvalue weighted by atomic mass is 10.3. The molecule has 2 heterocycles. The second-order valence-electron chi connectivity index (χ2n) is 4.14. The van der Waals surface area contributed by atoms with Crippen LogP contribution in [0.4, 0.5) is 5.82 Å². The lowest BCUT2D eigenvalue weighted by Crippen LogP contribution is -2.07. The molecule has 0 saturated carbocycles. The number of nitrogens with one attached hydrogen (secondary N) is 1. The largest absolute Gasteiger partial charge is 0.477 e. The Labute approximate surface area is 117 Å². The minimum atomic E-state index is 0.604. The molecule has 2 rings (SSSR count). The zero-order valence-corrected chi connectivity index (χ0v) is 12.3. The van der Waals surface area contributed by atoms with Crippen molar-refractivity contribution in [3.8, 4) is 5.88 Å². The Kier molecular flexibility index (Phi) is 4.68. The van der Waals surface area contributed by atoms with Crippen molar-refractivity contribution < 1.29 is 4.74 Å². The number of nitrogens with zero attached hydrogens (tertiary/aromatic N) is 3. The van der Waals surface area contributed by atoms with Crippen LogP contribution in [0.1, 0.15) is 23.1 Å². The molecule has 0 saturated heterocycles. The van der Waals surface area contributed by atoms with Gasteiger partial charge in [0, 0.05) is 17.8 Å². The summed E-state index contributed by atoms with van der Waals surface area (Å²) in [6, 6.07) is 0. The van der Waals surface area contributed by atoms with E-state index in [1.54, 1.807) is 11.3 Å². The van der Waals surface area contributed by atoms with Gasteiger partial charge in [-0.05, 0) is 20.8 Å². The summed E-state index contributed by atoms with van der Waals surface area (Å²) < 4.78 is 5.74. The third kappa shape index (κ3) is 3.41. The Balaban J connectivity index is 1.96. The molecule has 0 aliphatic heterocycles. The van der Waals surface area contributed by atoms with E-state index in [-0.39, 0.29) is 0 Å². The zero-order valence-electron chi connectivity index (χ0n) is 11.4. The monoisotopic (exact) mass is 278 g/mol. The van der Waals surface area contributed by atoms with Crippen LogP contribution in [0.25, 0.3) is 0 Å². The number of aryl methyl sites for hydroxylation is 1. The molecule has 0 spiro atoms. The Morgan fingerprint density at radius 3 is 2.79 bits per heavy atom. The Morgan fingerprint density at radius 1 is 1.26 bits per heavy atom. The summed E-state index contributed by atoms with van der Waals surface area (Å²) in [5, 5.41) is 3.19. The molecule has 2 aromatic rings. The lowest BCUT2D eigenvalue weighted by molar-refractivity contribution is 0.307. The van der Waals surface area contributed by atoms with Crippen LogP contribution in [0, 0.1) is 13.8 Å². The van der Waals surface area contributed by atoms with E-state index in [0.717, 1.165) is 30.0 Å². The van der Waals surface area contributed by atoms with E-state index >= 15 is 0 Å². The number of ether oxygens (including phenoxy) is 1. The van der Waals surface area contributed by atoms with Crippen LogP contribution in [0.2, 0.25) is 0 Å². The second kappa shape index (κ2) is 6.47. The smallest absolute Gasteiger partial charge is 0.221 e. The first-order chi connectivity index (χ1) is 9.22. The zero-order chi connectivity index (χ0) is 13.7. The van der Waals surface area contributed by atoms with Crippen molar-refractivity contribution in [2.75, 3.05) is 18.5 Å². The van der Waals surface area contributed by atoms with E-state index in [1.165, 1.54) is 11.2 Å². The molecular formula is C13H18N4OS. The summed E-state index contributed by atoms with van der Waals surface area (Å²) in [6.07, 6.45) is 2.38. The highest BCUT2D eigenvalue weighted by molar-refractivity contribution is 7.09. The summed E-state index contributed by atoms with van der Waals surface area (Å²) in [6.45, 7) is 7.45. The van der Waals surface area contributed by atoms with Crippen molar-refractivity contribution in [1.29, 1.82) is 0 Å². The minimum absolute atomic E-state index is 0.604. The summed E-state index contributed by atoms with van der Waals surface area (Å²) in [4.78, 5) is 13.9. The molecule has 2 aromatic heterocycles. The predicted molar refractivity (Wildman–Crippen MR) is 77.0 cm³/mol. The Bertz CT molecular complexity index is 541. The van der Waals surface area contributed by atoms with E-state index in [2.05, 4.69) is 20.3 Å². The van der Waals surface area contributed by atoms with Gasteiger partial charge in [0.15, 0.2) is 0 Å². The quantitative estimate of drug-likeness (QED) is 0.880. The molecule has 1 N–H and O–H groups in total. The van der Waals surface area contributed by atoms with E-state index in [4.69, 9.17) is 4.74 Å². The minimum Gasteiger partial charge on any atom is -0.477 e. The number of anilines is 1.